The highest BCUT2D eigenvalue weighted by atomic mass is 16.6. The first-order valence-electron chi connectivity index (χ1n) is 8.98. The van der Waals surface area contributed by atoms with E-state index in [0.717, 1.165) is 22.6 Å². The van der Waals surface area contributed by atoms with Crippen molar-refractivity contribution < 1.29 is 14.3 Å². The largest absolute Gasteiger partial charge is 0.450 e. The molecule has 0 unspecified atom stereocenters. The molecule has 1 aliphatic heterocycles. The summed E-state index contributed by atoms with van der Waals surface area (Å²) < 4.78 is 7.13. The normalized spacial score (nSPS) is 14.4. The zero-order valence-corrected chi connectivity index (χ0v) is 15.6. The van der Waals surface area contributed by atoms with Gasteiger partial charge in [0.2, 0.25) is 0 Å². The molecule has 1 fully saturated rings. The quantitative estimate of drug-likeness (QED) is 0.850. The van der Waals surface area contributed by atoms with Gasteiger partial charge in [-0.1, -0.05) is 18.2 Å². The SMILES string of the molecule is CCOC(=O)N1CCN(C(=O)c2cc(C)n(-c3ccccc3)c2C)CC1. The third-order valence-electron chi connectivity index (χ3n) is 4.77. The van der Waals surface area contributed by atoms with Gasteiger partial charge in [0.05, 0.1) is 12.2 Å². The van der Waals surface area contributed by atoms with Gasteiger partial charge in [0.25, 0.3) is 5.91 Å². The maximum Gasteiger partial charge on any atom is 0.409 e. The van der Waals surface area contributed by atoms with Gasteiger partial charge < -0.3 is 19.1 Å². The number of ether oxygens (including phenoxy) is 1. The average molecular weight is 355 g/mol. The molecule has 3 rings (SSSR count). The van der Waals surface area contributed by atoms with Crippen molar-refractivity contribution in [2.24, 2.45) is 0 Å². The maximum atomic E-state index is 13.0. The molecule has 6 nitrogen and oxygen atoms in total. The van der Waals surface area contributed by atoms with Gasteiger partial charge in [-0.15, -0.1) is 0 Å². The second-order valence-electron chi connectivity index (χ2n) is 6.43. The van der Waals surface area contributed by atoms with E-state index in [9.17, 15) is 9.59 Å². The van der Waals surface area contributed by atoms with Crippen molar-refractivity contribution >= 4 is 12.0 Å². The minimum Gasteiger partial charge on any atom is -0.450 e. The van der Waals surface area contributed by atoms with E-state index in [4.69, 9.17) is 4.74 Å². The Bertz CT molecular complexity index is 790. The van der Waals surface area contributed by atoms with Crippen LogP contribution in [0.4, 0.5) is 4.79 Å². The second-order valence-corrected chi connectivity index (χ2v) is 6.43. The Morgan fingerprint density at radius 1 is 1.00 bits per heavy atom. The number of hydrogen-bond donors (Lipinski definition) is 0. The van der Waals surface area contributed by atoms with Crippen LogP contribution in [0.2, 0.25) is 0 Å². The number of hydrogen-bond acceptors (Lipinski definition) is 3. The van der Waals surface area contributed by atoms with Crippen molar-refractivity contribution in [2.45, 2.75) is 20.8 Å². The number of aryl methyl sites for hydroxylation is 1. The number of carbonyl (C=O) groups excluding carboxylic acids is 2. The van der Waals surface area contributed by atoms with Crippen LogP contribution < -0.4 is 0 Å². The summed E-state index contributed by atoms with van der Waals surface area (Å²) in [5.41, 5.74) is 3.73. The highest BCUT2D eigenvalue weighted by Gasteiger charge is 2.27. The molecule has 0 N–H and O–H groups in total. The van der Waals surface area contributed by atoms with Crippen molar-refractivity contribution in [1.82, 2.24) is 14.4 Å². The average Bonchev–Trinajstić information content (AvgIpc) is 2.96. The lowest BCUT2D eigenvalue weighted by Crippen LogP contribution is -2.50. The molecule has 0 aliphatic carbocycles. The number of nitrogens with zero attached hydrogens (tertiary/aromatic N) is 3. The highest BCUT2D eigenvalue weighted by molar-refractivity contribution is 5.96. The van der Waals surface area contributed by atoms with E-state index in [1.54, 1.807) is 11.8 Å². The summed E-state index contributed by atoms with van der Waals surface area (Å²) in [5, 5.41) is 0. The number of aromatic nitrogens is 1. The molecule has 0 spiro atoms. The van der Waals surface area contributed by atoms with Gasteiger partial charge in [-0.05, 0) is 39.0 Å². The van der Waals surface area contributed by atoms with Crippen LogP contribution in [0.15, 0.2) is 36.4 Å². The predicted octanol–water partition coefficient (Wildman–Crippen LogP) is 3.01. The Morgan fingerprint density at radius 2 is 1.62 bits per heavy atom. The molecule has 0 atom stereocenters. The summed E-state index contributed by atoms with van der Waals surface area (Å²) >= 11 is 0. The molecule has 2 amide bonds. The zero-order chi connectivity index (χ0) is 18.7. The Labute approximate surface area is 154 Å². The topological polar surface area (TPSA) is 54.8 Å². The lowest BCUT2D eigenvalue weighted by molar-refractivity contribution is 0.0570. The molecule has 0 radical (unpaired) electrons. The van der Waals surface area contributed by atoms with Crippen LogP contribution in [0.5, 0.6) is 0 Å². The monoisotopic (exact) mass is 355 g/mol. The molecule has 26 heavy (non-hydrogen) atoms. The Morgan fingerprint density at radius 3 is 2.23 bits per heavy atom. The Balaban J connectivity index is 1.75. The van der Waals surface area contributed by atoms with Crippen molar-refractivity contribution in [3.8, 4) is 5.69 Å². The molecule has 1 aliphatic rings. The van der Waals surface area contributed by atoms with Crippen LogP contribution in [-0.4, -0.2) is 59.2 Å². The Hall–Kier alpha value is -2.76. The van der Waals surface area contributed by atoms with E-state index in [2.05, 4.69) is 4.57 Å². The van der Waals surface area contributed by atoms with Crippen molar-refractivity contribution in [3.63, 3.8) is 0 Å². The van der Waals surface area contributed by atoms with Gasteiger partial charge in [-0.2, -0.15) is 0 Å². The molecule has 138 valence electrons. The number of carbonyl (C=O) groups is 2. The lowest BCUT2D eigenvalue weighted by Gasteiger charge is -2.34. The molecular weight excluding hydrogens is 330 g/mol. The van der Waals surface area contributed by atoms with Crippen LogP contribution in [0.1, 0.15) is 28.7 Å². The Kier molecular flexibility index (Phi) is 5.30. The van der Waals surface area contributed by atoms with Crippen LogP contribution >= 0.6 is 0 Å². The van der Waals surface area contributed by atoms with Crippen molar-refractivity contribution in [3.05, 3.63) is 53.3 Å². The summed E-state index contributed by atoms with van der Waals surface area (Å²) in [6.45, 7) is 8.19. The smallest absolute Gasteiger partial charge is 0.409 e. The fraction of sp³-hybridized carbons (Fsp3) is 0.400. The molecule has 1 saturated heterocycles. The summed E-state index contributed by atoms with van der Waals surface area (Å²) in [4.78, 5) is 28.3. The van der Waals surface area contributed by atoms with E-state index in [0.29, 0.717) is 32.8 Å². The molecule has 2 aromatic rings. The van der Waals surface area contributed by atoms with Crippen LogP contribution in [-0.2, 0) is 4.74 Å². The van der Waals surface area contributed by atoms with E-state index in [-0.39, 0.29) is 12.0 Å². The number of amides is 2. The molecule has 2 heterocycles. The van der Waals surface area contributed by atoms with Crippen molar-refractivity contribution in [1.29, 1.82) is 0 Å². The minimum absolute atomic E-state index is 0.0174. The van der Waals surface area contributed by atoms with E-state index < -0.39 is 0 Å². The van der Waals surface area contributed by atoms with Crippen LogP contribution in [0.3, 0.4) is 0 Å². The van der Waals surface area contributed by atoms with Gasteiger partial charge in [-0.3, -0.25) is 4.79 Å². The first kappa shape index (κ1) is 18.0. The third-order valence-corrected chi connectivity index (χ3v) is 4.77. The maximum absolute atomic E-state index is 13.0. The predicted molar refractivity (Wildman–Crippen MR) is 99.7 cm³/mol. The molecule has 0 saturated carbocycles. The van der Waals surface area contributed by atoms with Gasteiger partial charge in [0, 0.05) is 43.3 Å². The summed E-state index contributed by atoms with van der Waals surface area (Å²) in [7, 11) is 0. The van der Waals surface area contributed by atoms with Gasteiger partial charge >= 0.3 is 6.09 Å². The van der Waals surface area contributed by atoms with Crippen molar-refractivity contribution in [2.75, 3.05) is 32.8 Å². The summed E-state index contributed by atoms with van der Waals surface area (Å²) in [6, 6.07) is 12.0. The van der Waals surface area contributed by atoms with E-state index in [1.807, 2.05) is 55.1 Å². The fourth-order valence-electron chi connectivity index (χ4n) is 3.43. The number of rotatable bonds is 3. The van der Waals surface area contributed by atoms with Crippen LogP contribution in [0.25, 0.3) is 5.69 Å². The minimum atomic E-state index is -0.304. The van der Waals surface area contributed by atoms with Crippen LogP contribution in [0, 0.1) is 13.8 Å². The third kappa shape index (κ3) is 3.45. The van der Waals surface area contributed by atoms with Gasteiger partial charge in [-0.25, -0.2) is 4.79 Å². The summed E-state index contributed by atoms with van der Waals surface area (Å²) in [5.74, 6) is 0.0174. The standard InChI is InChI=1S/C20H25N3O3/c1-4-26-20(25)22-12-10-21(11-13-22)19(24)18-14-15(2)23(16(18)3)17-8-6-5-7-9-17/h5-9,14H,4,10-13H2,1-3H3. The molecular formula is C20H25N3O3. The van der Waals surface area contributed by atoms with E-state index >= 15 is 0 Å². The first-order chi connectivity index (χ1) is 12.5. The first-order valence-corrected chi connectivity index (χ1v) is 8.98. The molecule has 0 bridgehead atoms. The highest BCUT2D eigenvalue weighted by Crippen LogP contribution is 2.22. The molecule has 1 aromatic heterocycles. The second kappa shape index (κ2) is 7.64. The summed E-state index contributed by atoms with van der Waals surface area (Å²) in [6.07, 6.45) is -0.304. The molecule has 1 aromatic carbocycles. The van der Waals surface area contributed by atoms with Gasteiger partial charge in [0.1, 0.15) is 0 Å². The number of para-hydroxylation sites is 1. The fourth-order valence-corrected chi connectivity index (χ4v) is 3.43. The number of piperazine rings is 1. The number of benzene rings is 1. The molecule has 6 heteroatoms. The van der Waals surface area contributed by atoms with Gasteiger partial charge in [0.15, 0.2) is 0 Å². The zero-order valence-electron chi connectivity index (χ0n) is 15.6. The van der Waals surface area contributed by atoms with E-state index in [1.165, 1.54) is 0 Å². The lowest BCUT2D eigenvalue weighted by atomic mass is 10.2.